The van der Waals surface area contributed by atoms with E-state index in [2.05, 4.69) is 15.3 Å². The third-order valence-corrected chi connectivity index (χ3v) is 5.25. The van der Waals surface area contributed by atoms with Crippen LogP contribution in [0.25, 0.3) is 27.8 Å². The van der Waals surface area contributed by atoms with Crippen LogP contribution in [0.4, 0.5) is 4.39 Å². The topological polar surface area (TPSA) is 93.1 Å². The molecule has 0 aliphatic carbocycles. The van der Waals surface area contributed by atoms with Gasteiger partial charge in [-0.15, -0.1) is 5.10 Å². The van der Waals surface area contributed by atoms with Gasteiger partial charge in [0.05, 0.1) is 30.7 Å². The molecule has 0 radical (unpaired) electrons. The fraction of sp³-hybridized carbons (Fsp3) is 0.182. The van der Waals surface area contributed by atoms with Crippen molar-refractivity contribution in [2.75, 3.05) is 26.3 Å². The molecule has 3 heterocycles. The van der Waals surface area contributed by atoms with Gasteiger partial charge in [0.2, 0.25) is 0 Å². The Morgan fingerprint density at radius 1 is 1.06 bits per heavy atom. The molecule has 1 N–H and O–H groups in total. The largest absolute Gasteiger partial charge is 0.378 e. The van der Waals surface area contributed by atoms with E-state index in [1.54, 1.807) is 41.4 Å². The SMILES string of the molecule is O=C(c1ccc(-n2cc(-c3cc4cc(F)ccc4[nH]c3=O)nn2)cc1)N1CCOCC1. The number of carbonyl (C=O) groups is 1. The van der Waals surface area contributed by atoms with Crippen LogP contribution in [0.5, 0.6) is 0 Å². The van der Waals surface area contributed by atoms with Crippen LogP contribution < -0.4 is 5.56 Å². The number of aromatic nitrogens is 4. The van der Waals surface area contributed by atoms with Crippen LogP contribution in [0.1, 0.15) is 10.4 Å². The molecule has 2 aromatic heterocycles. The summed E-state index contributed by atoms with van der Waals surface area (Å²) in [7, 11) is 0. The quantitative estimate of drug-likeness (QED) is 0.550. The fourth-order valence-corrected chi connectivity index (χ4v) is 3.59. The van der Waals surface area contributed by atoms with E-state index in [1.165, 1.54) is 22.9 Å². The lowest BCUT2D eigenvalue weighted by Gasteiger charge is -2.26. The van der Waals surface area contributed by atoms with Gasteiger partial charge in [-0.1, -0.05) is 5.21 Å². The molecule has 9 heteroatoms. The van der Waals surface area contributed by atoms with Crippen LogP contribution >= 0.6 is 0 Å². The van der Waals surface area contributed by atoms with Crippen LogP contribution in [0.3, 0.4) is 0 Å². The Hall–Kier alpha value is -3.85. The number of fused-ring (bicyclic) bond motifs is 1. The van der Waals surface area contributed by atoms with E-state index >= 15 is 0 Å². The second-order valence-electron chi connectivity index (χ2n) is 7.24. The van der Waals surface area contributed by atoms with E-state index in [0.29, 0.717) is 59.7 Å². The van der Waals surface area contributed by atoms with Crippen molar-refractivity contribution in [1.29, 1.82) is 0 Å². The number of nitrogens with zero attached hydrogens (tertiary/aromatic N) is 4. The van der Waals surface area contributed by atoms with Gasteiger partial charge in [0.25, 0.3) is 11.5 Å². The molecule has 1 amide bonds. The maximum atomic E-state index is 13.5. The summed E-state index contributed by atoms with van der Waals surface area (Å²) >= 11 is 0. The standard InChI is InChI=1S/C22H18FN5O3/c23-16-3-6-19-15(11-16)12-18(21(29)24-19)20-13-28(26-25-20)17-4-1-14(2-5-17)22(30)27-7-9-31-10-8-27/h1-6,11-13H,7-10H2,(H,24,29). The molecule has 0 saturated carbocycles. The Balaban J connectivity index is 1.42. The van der Waals surface area contributed by atoms with Gasteiger partial charge >= 0.3 is 0 Å². The molecule has 8 nitrogen and oxygen atoms in total. The van der Waals surface area contributed by atoms with Crippen LogP contribution in [0, 0.1) is 5.82 Å². The Morgan fingerprint density at radius 2 is 1.84 bits per heavy atom. The smallest absolute Gasteiger partial charge is 0.258 e. The lowest BCUT2D eigenvalue weighted by Crippen LogP contribution is -2.40. The van der Waals surface area contributed by atoms with Crippen molar-refractivity contribution in [3.05, 3.63) is 76.5 Å². The van der Waals surface area contributed by atoms with Gasteiger partial charge in [-0.05, 0) is 48.5 Å². The molecule has 0 bridgehead atoms. The zero-order valence-corrected chi connectivity index (χ0v) is 16.4. The third-order valence-electron chi connectivity index (χ3n) is 5.25. The average molecular weight is 419 g/mol. The molecule has 1 aliphatic heterocycles. The van der Waals surface area contributed by atoms with E-state index < -0.39 is 0 Å². The number of benzene rings is 2. The highest BCUT2D eigenvalue weighted by molar-refractivity contribution is 5.94. The van der Waals surface area contributed by atoms with Crippen LogP contribution in [0.2, 0.25) is 0 Å². The monoisotopic (exact) mass is 419 g/mol. The normalized spacial score (nSPS) is 14.2. The van der Waals surface area contributed by atoms with Crippen LogP contribution in [-0.4, -0.2) is 57.1 Å². The molecule has 2 aromatic carbocycles. The van der Waals surface area contributed by atoms with Crippen molar-refractivity contribution in [2.24, 2.45) is 0 Å². The van der Waals surface area contributed by atoms with Gasteiger partial charge < -0.3 is 14.6 Å². The van der Waals surface area contributed by atoms with Crippen molar-refractivity contribution < 1.29 is 13.9 Å². The first-order valence-electron chi connectivity index (χ1n) is 9.81. The molecule has 0 unspecified atom stereocenters. The molecule has 31 heavy (non-hydrogen) atoms. The second kappa shape index (κ2) is 7.77. The van der Waals surface area contributed by atoms with Crippen molar-refractivity contribution in [3.8, 4) is 16.9 Å². The Bertz CT molecular complexity index is 1320. The van der Waals surface area contributed by atoms with Gasteiger partial charge in [0.15, 0.2) is 0 Å². The minimum absolute atomic E-state index is 0.0379. The van der Waals surface area contributed by atoms with Crippen molar-refractivity contribution >= 4 is 16.8 Å². The molecular formula is C22H18FN5O3. The fourth-order valence-electron chi connectivity index (χ4n) is 3.59. The zero-order chi connectivity index (χ0) is 21.4. The summed E-state index contributed by atoms with van der Waals surface area (Å²) in [4.78, 5) is 29.5. The van der Waals surface area contributed by atoms with E-state index in [-0.39, 0.29) is 17.3 Å². The van der Waals surface area contributed by atoms with E-state index in [0.717, 1.165) is 0 Å². The van der Waals surface area contributed by atoms with Crippen molar-refractivity contribution in [2.45, 2.75) is 0 Å². The van der Waals surface area contributed by atoms with Gasteiger partial charge in [0, 0.05) is 29.6 Å². The van der Waals surface area contributed by atoms with E-state index in [9.17, 15) is 14.0 Å². The summed E-state index contributed by atoms with van der Waals surface area (Å²) in [6, 6.07) is 12.8. The highest BCUT2D eigenvalue weighted by Crippen LogP contribution is 2.20. The lowest BCUT2D eigenvalue weighted by molar-refractivity contribution is 0.0303. The Morgan fingerprint density at radius 3 is 2.61 bits per heavy atom. The summed E-state index contributed by atoms with van der Waals surface area (Å²) in [5.41, 5.74) is 2.14. The number of hydrogen-bond donors (Lipinski definition) is 1. The number of amides is 1. The molecule has 1 saturated heterocycles. The maximum absolute atomic E-state index is 13.5. The first-order valence-corrected chi connectivity index (χ1v) is 9.81. The predicted octanol–water partition coefficient (Wildman–Crippen LogP) is 2.39. The van der Waals surface area contributed by atoms with Crippen LogP contribution in [0.15, 0.2) is 59.5 Å². The number of aromatic amines is 1. The summed E-state index contributed by atoms with van der Waals surface area (Å²) in [6.45, 7) is 2.26. The summed E-state index contributed by atoms with van der Waals surface area (Å²) in [5, 5.41) is 8.75. The molecule has 5 rings (SSSR count). The highest BCUT2D eigenvalue weighted by Gasteiger charge is 2.18. The first kappa shape index (κ1) is 19.1. The average Bonchev–Trinajstić information content (AvgIpc) is 3.29. The number of morpholine rings is 1. The minimum Gasteiger partial charge on any atom is -0.378 e. The highest BCUT2D eigenvalue weighted by atomic mass is 19.1. The molecule has 1 aliphatic rings. The molecule has 1 fully saturated rings. The summed E-state index contributed by atoms with van der Waals surface area (Å²) < 4.78 is 20.4. The number of pyridine rings is 1. The van der Waals surface area contributed by atoms with Gasteiger partial charge in [-0.2, -0.15) is 0 Å². The van der Waals surface area contributed by atoms with Crippen molar-refractivity contribution in [1.82, 2.24) is 24.9 Å². The van der Waals surface area contributed by atoms with Gasteiger partial charge in [-0.3, -0.25) is 9.59 Å². The molecule has 0 atom stereocenters. The second-order valence-corrected chi connectivity index (χ2v) is 7.24. The predicted molar refractivity (Wildman–Crippen MR) is 112 cm³/mol. The zero-order valence-electron chi connectivity index (χ0n) is 16.4. The number of halogens is 1. The molecule has 0 spiro atoms. The first-order chi connectivity index (χ1) is 15.1. The Kier molecular flexibility index (Phi) is 4.79. The van der Waals surface area contributed by atoms with Crippen LogP contribution in [-0.2, 0) is 4.74 Å². The number of carbonyl (C=O) groups excluding carboxylic acids is 1. The van der Waals surface area contributed by atoms with Gasteiger partial charge in [0.1, 0.15) is 11.5 Å². The Labute approximate surface area is 175 Å². The minimum atomic E-state index is -0.388. The summed E-state index contributed by atoms with van der Waals surface area (Å²) in [5.74, 6) is -0.426. The number of hydrogen-bond acceptors (Lipinski definition) is 5. The van der Waals surface area contributed by atoms with E-state index in [1.807, 2.05) is 0 Å². The number of ether oxygens (including phenoxy) is 1. The molecule has 4 aromatic rings. The number of rotatable bonds is 3. The third kappa shape index (κ3) is 3.71. The summed E-state index contributed by atoms with van der Waals surface area (Å²) in [6.07, 6.45) is 1.62. The molecular weight excluding hydrogens is 401 g/mol. The van der Waals surface area contributed by atoms with Crippen molar-refractivity contribution in [3.63, 3.8) is 0 Å². The number of nitrogens with one attached hydrogen (secondary N) is 1. The maximum Gasteiger partial charge on any atom is 0.258 e. The lowest BCUT2D eigenvalue weighted by atomic mass is 10.1. The van der Waals surface area contributed by atoms with E-state index in [4.69, 9.17) is 4.74 Å². The van der Waals surface area contributed by atoms with Gasteiger partial charge in [-0.25, -0.2) is 9.07 Å². The molecule has 156 valence electrons. The number of H-pyrrole nitrogens is 1.